The van der Waals surface area contributed by atoms with Gasteiger partial charge in [-0.1, -0.05) is 78.1 Å². The maximum Gasteiger partial charge on any atom is 0.331 e. The number of hydrogen-bond donors (Lipinski definition) is 2. The minimum absolute atomic E-state index is 0. The van der Waals surface area contributed by atoms with Gasteiger partial charge in [-0.15, -0.1) is 12.4 Å². The van der Waals surface area contributed by atoms with Crippen LogP contribution in [0.25, 0.3) is 0 Å². The third kappa shape index (κ3) is 30.1. The van der Waals surface area contributed by atoms with E-state index in [2.05, 4.69) is 13.8 Å². The van der Waals surface area contributed by atoms with Gasteiger partial charge in [0.2, 0.25) is 5.24 Å². The lowest BCUT2D eigenvalue weighted by molar-refractivity contribution is -0.138. The Kier molecular flexibility index (Phi) is 28.6. The third-order valence-electron chi connectivity index (χ3n) is 4.47. The highest BCUT2D eigenvalue weighted by atomic mass is 35.5. The summed E-state index contributed by atoms with van der Waals surface area (Å²) in [7, 11) is 0. The summed E-state index contributed by atoms with van der Waals surface area (Å²) in [5, 5.41) is 16.3. The van der Waals surface area contributed by atoms with Gasteiger partial charge in [0.15, 0.2) is 0 Å². The molecule has 0 aliphatic heterocycles. The molecule has 0 radical (unpaired) electrons. The highest BCUT2D eigenvalue weighted by Gasteiger charge is 2.08. The van der Waals surface area contributed by atoms with E-state index in [0.29, 0.717) is 13.0 Å². The third-order valence-corrected chi connectivity index (χ3v) is 4.58. The number of ether oxygens (including phenoxy) is 1. The van der Waals surface area contributed by atoms with Gasteiger partial charge >= 0.3 is 17.9 Å². The summed E-state index contributed by atoms with van der Waals surface area (Å²) < 4.78 is 4.81. The van der Waals surface area contributed by atoms with E-state index in [1.165, 1.54) is 38.5 Å². The smallest absolute Gasteiger partial charge is 0.331 e. The van der Waals surface area contributed by atoms with Gasteiger partial charge in [0, 0.05) is 23.8 Å². The van der Waals surface area contributed by atoms with Crippen molar-refractivity contribution < 1.29 is 34.1 Å². The maximum atomic E-state index is 10.9. The fraction of sp³-hybridized carbons (Fsp3) is 0.667. The van der Waals surface area contributed by atoms with E-state index in [1.54, 1.807) is 0 Å². The minimum atomic E-state index is -1.14. The second-order valence-electron chi connectivity index (χ2n) is 7.40. The molecule has 33 heavy (non-hydrogen) atoms. The minimum Gasteiger partial charge on any atom is -0.478 e. The molecule has 9 heteroatoms. The largest absolute Gasteiger partial charge is 0.478 e. The van der Waals surface area contributed by atoms with Crippen molar-refractivity contribution in [1.29, 1.82) is 0 Å². The van der Waals surface area contributed by atoms with Crippen LogP contribution in [0, 0.1) is 0 Å². The highest BCUT2D eigenvalue weighted by Crippen LogP contribution is 2.12. The molecule has 0 bridgehead atoms. The Hall–Kier alpha value is -1.86. The molecular weight excluding hydrogens is 471 g/mol. The average Bonchev–Trinajstić information content (AvgIpc) is 2.73. The van der Waals surface area contributed by atoms with Crippen LogP contribution in [0.3, 0.4) is 0 Å². The van der Waals surface area contributed by atoms with Crippen molar-refractivity contribution in [3.05, 3.63) is 23.8 Å². The number of esters is 1. The summed E-state index contributed by atoms with van der Waals surface area (Å²) in [5.41, 5.74) is 0.107. The molecule has 0 rings (SSSR count). The van der Waals surface area contributed by atoms with Gasteiger partial charge in [0.1, 0.15) is 0 Å². The molecule has 0 aliphatic carbocycles. The SMILES string of the molecule is CCCCCCCCC(=CC(=O)Cl)C(=O)O.CCCCCCCCOC(=O)/C=C\C(=O)O.Cl. The van der Waals surface area contributed by atoms with E-state index in [4.69, 9.17) is 26.6 Å². The maximum absolute atomic E-state index is 10.9. The van der Waals surface area contributed by atoms with E-state index in [9.17, 15) is 19.2 Å². The standard InChI is InChI=1S/C12H19ClO3.C12H20O4.ClH/c1-2-3-4-5-6-7-8-10(12(15)16)9-11(13)14;1-2-3-4-5-6-7-10-16-12(15)9-8-11(13)14;/h9H,2-8H2,1H3,(H,15,16);8-9H,2-7,10H2,1H3,(H,13,14);1H/b;9-8-;. The van der Waals surface area contributed by atoms with Crippen LogP contribution in [-0.4, -0.2) is 40.0 Å². The Bertz CT molecular complexity index is 600. The number of allylic oxidation sites excluding steroid dienone is 1. The number of unbranched alkanes of at least 4 members (excludes halogenated alkanes) is 10. The second-order valence-corrected chi connectivity index (χ2v) is 7.78. The second kappa shape index (κ2) is 26.4. The number of halogens is 2. The van der Waals surface area contributed by atoms with E-state index in [0.717, 1.165) is 56.8 Å². The number of rotatable bonds is 18. The first-order chi connectivity index (χ1) is 15.2. The summed E-state index contributed by atoms with van der Waals surface area (Å²) in [4.78, 5) is 42.3. The zero-order chi connectivity index (χ0) is 24.6. The monoisotopic (exact) mass is 510 g/mol. The summed E-state index contributed by atoms with van der Waals surface area (Å²) in [6, 6.07) is 0. The predicted octanol–water partition coefficient (Wildman–Crippen LogP) is 6.47. The van der Waals surface area contributed by atoms with E-state index >= 15 is 0 Å². The van der Waals surface area contributed by atoms with Crippen LogP contribution in [0.2, 0.25) is 0 Å². The van der Waals surface area contributed by atoms with Crippen molar-refractivity contribution in [2.45, 2.75) is 97.3 Å². The van der Waals surface area contributed by atoms with Gasteiger partial charge in [0.05, 0.1) is 6.61 Å². The quantitative estimate of drug-likeness (QED) is 0.0937. The molecule has 0 fully saturated rings. The Morgan fingerprint density at radius 2 is 1.24 bits per heavy atom. The highest BCUT2D eigenvalue weighted by molar-refractivity contribution is 6.66. The lowest BCUT2D eigenvalue weighted by Crippen LogP contribution is -2.03. The fourth-order valence-corrected chi connectivity index (χ4v) is 2.85. The zero-order valence-corrected chi connectivity index (χ0v) is 21.4. The van der Waals surface area contributed by atoms with E-state index < -0.39 is 23.2 Å². The molecule has 0 amide bonds. The van der Waals surface area contributed by atoms with Crippen LogP contribution in [0.4, 0.5) is 0 Å². The molecule has 0 saturated carbocycles. The zero-order valence-electron chi connectivity index (χ0n) is 19.9. The molecular formula is C24H40Cl2O7. The molecule has 0 aromatic heterocycles. The lowest BCUT2D eigenvalue weighted by atomic mass is 10.1. The summed E-state index contributed by atoms with van der Waals surface area (Å²) in [5.74, 6) is -2.78. The number of carbonyl (C=O) groups is 4. The molecule has 2 N–H and O–H groups in total. The molecule has 0 aliphatic rings. The van der Waals surface area contributed by atoms with Gasteiger partial charge in [-0.3, -0.25) is 4.79 Å². The summed E-state index contributed by atoms with van der Waals surface area (Å²) in [6.45, 7) is 4.68. The Morgan fingerprint density at radius 3 is 1.70 bits per heavy atom. The number of carboxylic acids is 2. The van der Waals surface area contributed by atoms with Crippen molar-refractivity contribution in [1.82, 2.24) is 0 Å². The average molecular weight is 511 g/mol. The fourth-order valence-electron chi connectivity index (χ4n) is 2.72. The number of hydrogen-bond acceptors (Lipinski definition) is 5. The first kappa shape index (κ1) is 35.7. The molecule has 7 nitrogen and oxygen atoms in total. The summed E-state index contributed by atoms with van der Waals surface area (Å²) >= 11 is 5.12. The van der Waals surface area contributed by atoms with Gasteiger partial charge in [-0.2, -0.15) is 0 Å². The first-order valence-electron chi connectivity index (χ1n) is 11.5. The predicted molar refractivity (Wildman–Crippen MR) is 133 cm³/mol. The number of carbonyl (C=O) groups excluding carboxylic acids is 2. The Labute approximate surface area is 209 Å². The molecule has 0 aromatic rings. The van der Waals surface area contributed by atoms with E-state index in [-0.39, 0.29) is 18.0 Å². The van der Waals surface area contributed by atoms with Crippen LogP contribution in [0.5, 0.6) is 0 Å². The van der Waals surface area contributed by atoms with Crippen molar-refractivity contribution in [2.24, 2.45) is 0 Å². The first-order valence-corrected chi connectivity index (χ1v) is 11.8. The van der Waals surface area contributed by atoms with Crippen molar-refractivity contribution in [2.75, 3.05) is 6.61 Å². The molecule has 0 atom stereocenters. The van der Waals surface area contributed by atoms with Crippen LogP contribution < -0.4 is 0 Å². The number of aliphatic carboxylic acids is 2. The van der Waals surface area contributed by atoms with Crippen molar-refractivity contribution in [3.8, 4) is 0 Å². The lowest BCUT2D eigenvalue weighted by Gasteiger charge is -2.01. The van der Waals surface area contributed by atoms with Crippen LogP contribution >= 0.6 is 24.0 Å². The number of carboxylic acid groups (broad SMARTS) is 2. The molecule has 0 saturated heterocycles. The Balaban J connectivity index is -0.000000529. The molecule has 0 aromatic carbocycles. The summed E-state index contributed by atoms with van der Waals surface area (Å²) in [6.07, 6.45) is 16.4. The van der Waals surface area contributed by atoms with Crippen LogP contribution in [0.15, 0.2) is 23.8 Å². The van der Waals surface area contributed by atoms with Gasteiger partial charge in [-0.25, -0.2) is 14.4 Å². The molecule has 192 valence electrons. The molecule has 0 spiro atoms. The Morgan fingerprint density at radius 1 is 0.758 bits per heavy atom. The van der Waals surface area contributed by atoms with Crippen LogP contribution in [0.1, 0.15) is 97.3 Å². The van der Waals surface area contributed by atoms with Crippen molar-refractivity contribution in [3.63, 3.8) is 0 Å². The topological polar surface area (TPSA) is 118 Å². The van der Waals surface area contributed by atoms with Crippen molar-refractivity contribution >= 4 is 47.2 Å². The molecule has 0 heterocycles. The molecule has 0 unspecified atom stereocenters. The van der Waals surface area contributed by atoms with Gasteiger partial charge in [0.25, 0.3) is 0 Å². The van der Waals surface area contributed by atoms with Gasteiger partial charge < -0.3 is 14.9 Å². The van der Waals surface area contributed by atoms with E-state index in [1.807, 2.05) is 0 Å². The van der Waals surface area contributed by atoms with Crippen LogP contribution in [-0.2, 0) is 23.9 Å². The normalized spacial score (nSPS) is 10.7. The van der Waals surface area contributed by atoms with Gasteiger partial charge in [-0.05, 0) is 30.9 Å².